The van der Waals surface area contributed by atoms with Gasteiger partial charge in [-0.25, -0.2) is 0 Å². The Morgan fingerprint density at radius 1 is 1.35 bits per heavy atom. The molecule has 1 amide bonds. The van der Waals surface area contributed by atoms with Crippen LogP contribution in [0.15, 0.2) is 41.0 Å². The fourth-order valence-corrected chi connectivity index (χ4v) is 2.85. The predicted octanol–water partition coefficient (Wildman–Crippen LogP) is 3.70. The molecule has 0 aliphatic carbocycles. The minimum Gasteiger partial charge on any atom is -0.334 e. The smallest absolute Gasteiger partial charge is 0.254 e. The Morgan fingerprint density at radius 2 is 2.20 bits per heavy atom. The molecule has 5 heteroatoms. The Morgan fingerprint density at radius 3 is 3.00 bits per heavy atom. The minimum atomic E-state index is 0.0249. The Kier molecular flexibility index (Phi) is 3.76. The molecule has 0 fully saturated rings. The number of nitrogens with zero attached hydrogens (tertiary/aromatic N) is 2. The fraction of sp³-hybridized carbons (Fsp3) is 0.200. The second kappa shape index (κ2) is 5.54. The highest BCUT2D eigenvalue weighted by atomic mass is 79.9. The summed E-state index contributed by atoms with van der Waals surface area (Å²) in [6, 6.07) is 9.20. The number of carbonyl (C=O) groups excluding carboxylic acids is 1. The van der Waals surface area contributed by atoms with Gasteiger partial charge >= 0.3 is 0 Å². The Bertz CT molecular complexity index is 675. The minimum absolute atomic E-state index is 0.0249. The van der Waals surface area contributed by atoms with Crippen molar-refractivity contribution in [3.8, 4) is 0 Å². The maximum absolute atomic E-state index is 12.5. The average Bonchev–Trinajstić information content (AvgIpc) is 2.49. The molecule has 0 atom stereocenters. The number of rotatable bonds is 1. The van der Waals surface area contributed by atoms with Crippen molar-refractivity contribution in [1.29, 1.82) is 0 Å². The van der Waals surface area contributed by atoms with Crippen LogP contribution in [0.2, 0.25) is 5.02 Å². The van der Waals surface area contributed by atoms with Crippen LogP contribution in [0.25, 0.3) is 0 Å². The normalized spacial score (nSPS) is 14.0. The van der Waals surface area contributed by atoms with Gasteiger partial charge in [0.1, 0.15) is 0 Å². The molecule has 0 radical (unpaired) electrons. The summed E-state index contributed by atoms with van der Waals surface area (Å²) in [5, 5.41) is 0.606. The van der Waals surface area contributed by atoms with Gasteiger partial charge in [0.05, 0.1) is 5.02 Å². The average molecular weight is 352 g/mol. The third-order valence-electron chi connectivity index (χ3n) is 3.42. The molecule has 0 N–H and O–H groups in total. The summed E-state index contributed by atoms with van der Waals surface area (Å²) >= 11 is 9.31. The van der Waals surface area contributed by atoms with Crippen LogP contribution in [0.1, 0.15) is 21.6 Å². The van der Waals surface area contributed by atoms with Crippen LogP contribution in [-0.2, 0) is 13.0 Å². The van der Waals surface area contributed by atoms with E-state index in [0.29, 0.717) is 23.7 Å². The van der Waals surface area contributed by atoms with E-state index in [9.17, 15) is 4.79 Å². The van der Waals surface area contributed by atoms with Crippen LogP contribution in [0, 0.1) is 0 Å². The lowest BCUT2D eigenvalue weighted by molar-refractivity contribution is 0.0733. The second-order valence-corrected chi connectivity index (χ2v) is 5.98. The van der Waals surface area contributed by atoms with Crippen molar-refractivity contribution in [2.24, 2.45) is 0 Å². The summed E-state index contributed by atoms with van der Waals surface area (Å²) < 4.78 is 0.740. The van der Waals surface area contributed by atoms with Crippen molar-refractivity contribution in [2.75, 3.05) is 6.54 Å². The molecule has 1 aliphatic heterocycles. The molecule has 3 nitrogen and oxygen atoms in total. The molecule has 1 aromatic heterocycles. The molecule has 2 heterocycles. The summed E-state index contributed by atoms with van der Waals surface area (Å²) in [5.74, 6) is 0.0249. The van der Waals surface area contributed by atoms with Gasteiger partial charge in [-0.3, -0.25) is 9.78 Å². The number of pyridine rings is 1. The summed E-state index contributed by atoms with van der Waals surface area (Å²) in [6.45, 7) is 1.31. The van der Waals surface area contributed by atoms with Crippen molar-refractivity contribution in [3.63, 3.8) is 0 Å². The van der Waals surface area contributed by atoms with Crippen LogP contribution in [0.3, 0.4) is 0 Å². The monoisotopic (exact) mass is 350 g/mol. The van der Waals surface area contributed by atoms with Gasteiger partial charge in [-0.2, -0.15) is 0 Å². The summed E-state index contributed by atoms with van der Waals surface area (Å²) in [6.07, 6.45) is 2.60. The maximum Gasteiger partial charge on any atom is 0.254 e. The SMILES string of the molecule is O=C(c1ccc(Cl)c(Br)c1)N1CCc2ncccc2C1. The van der Waals surface area contributed by atoms with E-state index in [-0.39, 0.29) is 5.91 Å². The van der Waals surface area contributed by atoms with E-state index in [4.69, 9.17) is 11.6 Å². The van der Waals surface area contributed by atoms with Crippen LogP contribution in [-0.4, -0.2) is 22.3 Å². The third kappa shape index (κ3) is 2.58. The first-order valence-corrected chi connectivity index (χ1v) is 7.49. The van der Waals surface area contributed by atoms with Crippen molar-refractivity contribution in [3.05, 3.63) is 62.8 Å². The summed E-state index contributed by atoms with van der Waals surface area (Å²) in [4.78, 5) is 18.7. The first kappa shape index (κ1) is 13.6. The van der Waals surface area contributed by atoms with Crippen molar-refractivity contribution in [2.45, 2.75) is 13.0 Å². The van der Waals surface area contributed by atoms with Gasteiger partial charge in [0.2, 0.25) is 0 Å². The number of aromatic nitrogens is 1. The largest absolute Gasteiger partial charge is 0.334 e. The molecule has 0 spiro atoms. The number of halogens is 2. The summed E-state index contributed by atoms with van der Waals surface area (Å²) in [5.41, 5.74) is 2.86. The molecule has 2 aromatic rings. The molecule has 0 bridgehead atoms. The van der Waals surface area contributed by atoms with Gasteiger partial charge in [0.15, 0.2) is 0 Å². The van der Waals surface area contributed by atoms with Crippen LogP contribution >= 0.6 is 27.5 Å². The Balaban J connectivity index is 1.84. The molecule has 1 aliphatic rings. The molecule has 0 saturated carbocycles. The first-order valence-electron chi connectivity index (χ1n) is 6.32. The van der Waals surface area contributed by atoms with Crippen molar-refractivity contribution >= 4 is 33.4 Å². The van der Waals surface area contributed by atoms with E-state index >= 15 is 0 Å². The highest BCUT2D eigenvalue weighted by Gasteiger charge is 2.22. The van der Waals surface area contributed by atoms with E-state index in [1.165, 1.54) is 0 Å². The van der Waals surface area contributed by atoms with Gasteiger partial charge in [0.25, 0.3) is 5.91 Å². The number of fused-ring (bicyclic) bond motifs is 1. The quantitative estimate of drug-likeness (QED) is 0.785. The number of carbonyl (C=O) groups is 1. The zero-order chi connectivity index (χ0) is 14.1. The maximum atomic E-state index is 12.5. The number of amides is 1. The fourth-order valence-electron chi connectivity index (χ4n) is 2.35. The molecule has 1 aromatic carbocycles. The molecular formula is C15H12BrClN2O. The number of benzene rings is 1. The van der Waals surface area contributed by atoms with Gasteiger partial charge in [-0.1, -0.05) is 17.7 Å². The highest BCUT2D eigenvalue weighted by Crippen LogP contribution is 2.25. The molecule has 0 unspecified atom stereocenters. The van der Waals surface area contributed by atoms with E-state index in [1.807, 2.05) is 17.0 Å². The topological polar surface area (TPSA) is 33.2 Å². The zero-order valence-electron chi connectivity index (χ0n) is 10.6. The third-order valence-corrected chi connectivity index (χ3v) is 4.63. The van der Waals surface area contributed by atoms with Crippen molar-refractivity contribution < 1.29 is 4.79 Å². The lowest BCUT2D eigenvalue weighted by Crippen LogP contribution is -2.36. The van der Waals surface area contributed by atoms with Gasteiger partial charge < -0.3 is 4.90 Å². The van der Waals surface area contributed by atoms with Gasteiger partial charge in [-0.15, -0.1) is 0 Å². The lowest BCUT2D eigenvalue weighted by Gasteiger charge is -2.28. The summed E-state index contributed by atoms with van der Waals surface area (Å²) in [7, 11) is 0. The molecule has 20 heavy (non-hydrogen) atoms. The predicted molar refractivity (Wildman–Crippen MR) is 81.8 cm³/mol. The lowest BCUT2D eigenvalue weighted by atomic mass is 10.0. The first-order chi connectivity index (χ1) is 9.65. The Labute approximate surface area is 130 Å². The van der Waals surface area contributed by atoms with E-state index in [0.717, 1.165) is 22.2 Å². The standard InChI is InChI=1S/C15H12BrClN2O/c16-12-8-10(3-4-13(12)17)15(20)19-7-5-14-11(9-19)2-1-6-18-14/h1-4,6,8H,5,7,9H2. The number of hydrogen-bond donors (Lipinski definition) is 0. The van der Waals surface area contributed by atoms with Gasteiger partial charge in [-0.05, 0) is 45.8 Å². The molecule has 102 valence electrons. The van der Waals surface area contributed by atoms with Gasteiger partial charge in [0, 0.05) is 41.4 Å². The number of hydrogen-bond acceptors (Lipinski definition) is 2. The van der Waals surface area contributed by atoms with E-state index in [2.05, 4.69) is 20.9 Å². The van der Waals surface area contributed by atoms with Crippen LogP contribution in [0.5, 0.6) is 0 Å². The Hall–Kier alpha value is -1.39. The highest BCUT2D eigenvalue weighted by molar-refractivity contribution is 9.10. The molecule has 0 saturated heterocycles. The zero-order valence-corrected chi connectivity index (χ0v) is 13.0. The van der Waals surface area contributed by atoms with Crippen LogP contribution < -0.4 is 0 Å². The van der Waals surface area contributed by atoms with E-state index < -0.39 is 0 Å². The molecule has 3 rings (SSSR count). The second-order valence-electron chi connectivity index (χ2n) is 4.71. The van der Waals surface area contributed by atoms with Crippen molar-refractivity contribution in [1.82, 2.24) is 9.88 Å². The van der Waals surface area contributed by atoms with E-state index in [1.54, 1.807) is 24.4 Å². The molecular weight excluding hydrogens is 340 g/mol. The van der Waals surface area contributed by atoms with Crippen LogP contribution in [0.4, 0.5) is 0 Å².